The van der Waals surface area contributed by atoms with Gasteiger partial charge in [-0.1, -0.05) is 30.3 Å². The van der Waals surface area contributed by atoms with Crippen LogP contribution in [0.15, 0.2) is 30.3 Å². The van der Waals surface area contributed by atoms with Gasteiger partial charge in [-0.3, -0.25) is 19.8 Å². The number of rotatable bonds is 6. The molecule has 2 rings (SSSR count). The number of esters is 1. The van der Waals surface area contributed by atoms with Gasteiger partial charge >= 0.3 is 5.97 Å². The average Bonchev–Trinajstić information content (AvgIpc) is 2.83. The van der Waals surface area contributed by atoms with Crippen molar-refractivity contribution >= 4 is 5.97 Å². The molecule has 1 saturated heterocycles. The SMILES string of the molecule is CCOC(=O)C[C@H]1CN(Cc2ccccc2)C[C@@H]1[N+](=O)[O-]. The van der Waals surface area contributed by atoms with Crippen molar-refractivity contribution in [2.24, 2.45) is 5.92 Å². The van der Waals surface area contributed by atoms with E-state index in [0.29, 0.717) is 26.2 Å². The molecule has 0 spiro atoms. The van der Waals surface area contributed by atoms with Crippen LogP contribution in [0.4, 0.5) is 0 Å². The monoisotopic (exact) mass is 292 g/mol. The Labute approximate surface area is 123 Å². The van der Waals surface area contributed by atoms with Gasteiger partial charge in [0.15, 0.2) is 0 Å². The van der Waals surface area contributed by atoms with Crippen LogP contribution in [0.25, 0.3) is 0 Å². The van der Waals surface area contributed by atoms with E-state index in [1.165, 1.54) is 0 Å². The lowest BCUT2D eigenvalue weighted by atomic mass is 10.0. The van der Waals surface area contributed by atoms with E-state index < -0.39 is 6.04 Å². The number of hydrogen-bond donors (Lipinski definition) is 0. The van der Waals surface area contributed by atoms with Gasteiger partial charge in [0.05, 0.1) is 25.5 Å². The van der Waals surface area contributed by atoms with Crippen molar-refractivity contribution in [1.82, 2.24) is 4.90 Å². The molecule has 0 aliphatic carbocycles. The number of carbonyl (C=O) groups excluding carboxylic acids is 1. The zero-order valence-electron chi connectivity index (χ0n) is 12.1. The average molecular weight is 292 g/mol. The summed E-state index contributed by atoms with van der Waals surface area (Å²) in [7, 11) is 0. The number of ether oxygens (including phenoxy) is 1. The minimum Gasteiger partial charge on any atom is -0.466 e. The van der Waals surface area contributed by atoms with Crippen molar-refractivity contribution in [3.8, 4) is 0 Å². The van der Waals surface area contributed by atoms with Crippen molar-refractivity contribution in [3.63, 3.8) is 0 Å². The second kappa shape index (κ2) is 7.17. The van der Waals surface area contributed by atoms with Crippen LogP contribution in [0.5, 0.6) is 0 Å². The Morgan fingerprint density at radius 1 is 1.38 bits per heavy atom. The Kier molecular flexibility index (Phi) is 5.27. The predicted molar refractivity (Wildman–Crippen MR) is 77.2 cm³/mol. The number of nitrogens with zero attached hydrogens (tertiary/aromatic N) is 2. The zero-order chi connectivity index (χ0) is 15.2. The molecule has 0 amide bonds. The summed E-state index contributed by atoms with van der Waals surface area (Å²) in [6.07, 6.45) is 0.116. The zero-order valence-corrected chi connectivity index (χ0v) is 12.1. The van der Waals surface area contributed by atoms with Crippen molar-refractivity contribution in [2.45, 2.75) is 25.9 Å². The third-order valence-corrected chi connectivity index (χ3v) is 3.74. The maximum absolute atomic E-state index is 11.6. The molecule has 6 nitrogen and oxygen atoms in total. The van der Waals surface area contributed by atoms with Crippen LogP contribution >= 0.6 is 0 Å². The molecule has 0 saturated carbocycles. The van der Waals surface area contributed by atoms with Crippen LogP contribution in [0.3, 0.4) is 0 Å². The molecule has 1 aliphatic rings. The molecule has 1 fully saturated rings. The molecule has 1 aromatic carbocycles. The quantitative estimate of drug-likeness (QED) is 0.453. The van der Waals surface area contributed by atoms with Gasteiger partial charge < -0.3 is 4.74 Å². The van der Waals surface area contributed by atoms with Crippen LogP contribution in [0, 0.1) is 16.0 Å². The fraction of sp³-hybridized carbons (Fsp3) is 0.533. The molecule has 6 heteroatoms. The van der Waals surface area contributed by atoms with Gasteiger partial charge in [0.25, 0.3) is 0 Å². The summed E-state index contributed by atoms with van der Waals surface area (Å²) >= 11 is 0. The van der Waals surface area contributed by atoms with Crippen molar-refractivity contribution in [3.05, 3.63) is 46.0 Å². The standard InChI is InChI=1S/C15H20N2O4/c1-2-21-15(18)8-13-10-16(11-14(13)17(19)20)9-12-6-4-3-5-7-12/h3-7,13-14H,2,8-11H2,1H3/t13-,14-/m0/s1. The molecule has 114 valence electrons. The fourth-order valence-corrected chi connectivity index (χ4v) is 2.79. The summed E-state index contributed by atoms with van der Waals surface area (Å²) in [5.41, 5.74) is 1.12. The maximum Gasteiger partial charge on any atom is 0.306 e. The van der Waals surface area contributed by atoms with Crippen LogP contribution in [0.2, 0.25) is 0 Å². The molecule has 0 radical (unpaired) electrons. The summed E-state index contributed by atoms with van der Waals surface area (Å²) in [5, 5.41) is 11.2. The number of hydrogen-bond acceptors (Lipinski definition) is 5. The molecule has 0 N–H and O–H groups in total. The number of carbonyl (C=O) groups is 1. The summed E-state index contributed by atoms with van der Waals surface area (Å²) < 4.78 is 4.91. The van der Waals surface area contributed by atoms with Gasteiger partial charge in [-0.15, -0.1) is 0 Å². The summed E-state index contributed by atoms with van der Waals surface area (Å²) in [6.45, 7) is 3.65. The minimum atomic E-state index is -0.696. The third kappa shape index (κ3) is 4.26. The largest absolute Gasteiger partial charge is 0.466 e. The van der Waals surface area contributed by atoms with Crippen LogP contribution in [-0.2, 0) is 16.1 Å². The van der Waals surface area contributed by atoms with Crippen molar-refractivity contribution in [1.29, 1.82) is 0 Å². The topological polar surface area (TPSA) is 72.7 Å². The van der Waals surface area contributed by atoms with Gasteiger partial charge in [-0.2, -0.15) is 0 Å². The first kappa shape index (κ1) is 15.4. The Balaban J connectivity index is 1.98. The lowest BCUT2D eigenvalue weighted by Crippen LogP contribution is -2.30. The highest BCUT2D eigenvalue weighted by molar-refractivity contribution is 5.69. The van der Waals surface area contributed by atoms with E-state index in [4.69, 9.17) is 4.74 Å². The first-order valence-electron chi connectivity index (χ1n) is 7.15. The van der Waals surface area contributed by atoms with Gasteiger partial charge in [0.2, 0.25) is 6.04 Å². The molecular formula is C15H20N2O4. The summed E-state index contributed by atoms with van der Waals surface area (Å²) in [6, 6.07) is 9.15. The van der Waals surface area contributed by atoms with E-state index in [2.05, 4.69) is 0 Å². The molecule has 1 aromatic rings. The Morgan fingerprint density at radius 2 is 2.10 bits per heavy atom. The van der Waals surface area contributed by atoms with Gasteiger partial charge in [-0.25, -0.2) is 0 Å². The van der Waals surface area contributed by atoms with E-state index in [1.807, 2.05) is 35.2 Å². The van der Waals surface area contributed by atoms with E-state index in [0.717, 1.165) is 5.56 Å². The maximum atomic E-state index is 11.6. The van der Waals surface area contributed by atoms with E-state index in [9.17, 15) is 14.9 Å². The molecule has 2 atom stereocenters. The highest BCUT2D eigenvalue weighted by atomic mass is 16.6. The summed E-state index contributed by atoms with van der Waals surface area (Å²) in [5.74, 6) is -0.626. The number of likely N-dealkylation sites (tertiary alicyclic amines) is 1. The Bertz CT molecular complexity index is 492. The lowest BCUT2D eigenvalue weighted by Gasteiger charge is -2.14. The minimum absolute atomic E-state index is 0.116. The molecule has 0 unspecified atom stereocenters. The Morgan fingerprint density at radius 3 is 2.71 bits per heavy atom. The van der Waals surface area contributed by atoms with Crippen molar-refractivity contribution < 1.29 is 14.5 Å². The summed E-state index contributed by atoms with van der Waals surface area (Å²) in [4.78, 5) is 24.5. The van der Waals surface area contributed by atoms with Crippen LogP contribution in [-0.4, -0.2) is 41.5 Å². The normalized spacial score (nSPS) is 22.1. The van der Waals surface area contributed by atoms with E-state index >= 15 is 0 Å². The molecular weight excluding hydrogens is 272 g/mol. The molecule has 0 aromatic heterocycles. The van der Waals surface area contributed by atoms with Crippen LogP contribution in [0.1, 0.15) is 18.9 Å². The van der Waals surface area contributed by atoms with E-state index in [-0.39, 0.29) is 23.2 Å². The smallest absolute Gasteiger partial charge is 0.306 e. The van der Waals surface area contributed by atoms with Gasteiger partial charge in [0, 0.05) is 18.0 Å². The first-order valence-corrected chi connectivity index (χ1v) is 7.15. The molecule has 1 heterocycles. The number of benzene rings is 1. The first-order chi connectivity index (χ1) is 10.1. The Hall–Kier alpha value is -1.95. The fourth-order valence-electron chi connectivity index (χ4n) is 2.79. The highest BCUT2D eigenvalue weighted by Crippen LogP contribution is 2.24. The second-order valence-corrected chi connectivity index (χ2v) is 5.30. The lowest BCUT2D eigenvalue weighted by molar-refractivity contribution is -0.525. The third-order valence-electron chi connectivity index (χ3n) is 3.74. The van der Waals surface area contributed by atoms with E-state index in [1.54, 1.807) is 6.92 Å². The predicted octanol–water partition coefficient (Wildman–Crippen LogP) is 1.72. The van der Waals surface area contributed by atoms with Crippen molar-refractivity contribution in [2.75, 3.05) is 19.7 Å². The van der Waals surface area contributed by atoms with Gasteiger partial charge in [-0.05, 0) is 12.5 Å². The second-order valence-electron chi connectivity index (χ2n) is 5.30. The van der Waals surface area contributed by atoms with Gasteiger partial charge in [0.1, 0.15) is 0 Å². The highest BCUT2D eigenvalue weighted by Gasteiger charge is 2.42. The molecule has 21 heavy (non-hydrogen) atoms. The molecule has 0 bridgehead atoms. The number of nitro groups is 1. The van der Waals surface area contributed by atoms with Crippen LogP contribution < -0.4 is 0 Å². The molecule has 1 aliphatic heterocycles.